The SMILES string of the molecule is c1ccc(P2CCCP(c3ccccc3)CCNCCP(c3ccccc3)CCC2)cc1. The van der Waals surface area contributed by atoms with Gasteiger partial charge in [0.05, 0.1) is 0 Å². The molecule has 1 saturated heterocycles. The molecule has 0 aromatic heterocycles. The van der Waals surface area contributed by atoms with Crippen molar-refractivity contribution in [2.75, 3.05) is 50.1 Å². The van der Waals surface area contributed by atoms with Gasteiger partial charge in [-0.15, -0.1) is 0 Å². The van der Waals surface area contributed by atoms with Crippen molar-refractivity contribution in [1.29, 1.82) is 0 Å². The van der Waals surface area contributed by atoms with Crippen LogP contribution in [0.25, 0.3) is 0 Å². The second-order valence-electron chi connectivity index (χ2n) is 8.42. The maximum Gasteiger partial charge on any atom is -0.000634 e. The van der Waals surface area contributed by atoms with Crippen LogP contribution in [0, 0.1) is 0 Å². The van der Waals surface area contributed by atoms with Gasteiger partial charge in [-0.05, 0) is 78.8 Å². The Morgan fingerprint density at radius 3 is 1.06 bits per heavy atom. The van der Waals surface area contributed by atoms with Crippen LogP contribution in [-0.2, 0) is 0 Å². The molecule has 4 heteroatoms. The van der Waals surface area contributed by atoms with Crippen molar-refractivity contribution < 1.29 is 0 Å². The maximum atomic E-state index is 3.81. The molecule has 0 saturated carbocycles. The van der Waals surface area contributed by atoms with Crippen molar-refractivity contribution in [1.82, 2.24) is 5.32 Å². The molecule has 1 N–H and O–H groups in total. The molecule has 1 nitrogen and oxygen atoms in total. The maximum absolute atomic E-state index is 3.81. The fraction of sp³-hybridized carbons (Fsp3) is 0.357. The molecule has 0 aliphatic carbocycles. The predicted octanol–water partition coefficient (Wildman–Crippen LogP) is 5.79. The standard InChI is InChI=1S/C28H36NP3/c1-4-12-26(13-5-1)30-20-10-22-31(27-14-6-2-7-15-27)24-18-29-19-25-32(23-11-21-30)28-16-8-3-9-17-28/h1-9,12-17,29H,10-11,18-25H2. The van der Waals surface area contributed by atoms with E-state index in [0.29, 0.717) is 0 Å². The van der Waals surface area contributed by atoms with Crippen LogP contribution >= 0.6 is 23.8 Å². The zero-order chi connectivity index (χ0) is 21.8. The van der Waals surface area contributed by atoms with E-state index in [-0.39, 0.29) is 23.8 Å². The summed E-state index contributed by atoms with van der Waals surface area (Å²) >= 11 is 0. The molecular weight excluding hydrogens is 443 g/mol. The second kappa shape index (κ2) is 13.6. The van der Waals surface area contributed by atoms with Crippen molar-refractivity contribution in [3.05, 3.63) is 91.0 Å². The van der Waals surface area contributed by atoms with Gasteiger partial charge in [0.2, 0.25) is 0 Å². The van der Waals surface area contributed by atoms with E-state index in [9.17, 15) is 0 Å². The average molecular weight is 480 g/mol. The van der Waals surface area contributed by atoms with Crippen molar-refractivity contribution in [2.45, 2.75) is 12.8 Å². The molecule has 1 aliphatic rings. The van der Waals surface area contributed by atoms with Crippen LogP contribution in [0.3, 0.4) is 0 Å². The fourth-order valence-corrected chi connectivity index (χ4v) is 12.0. The minimum atomic E-state index is -0.0649. The molecule has 32 heavy (non-hydrogen) atoms. The molecule has 1 fully saturated rings. The summed E-state index contributed by atoms with van der Waals surface area (Å²) in [6.45, 7) is 2.32. The third-order valence-electron chi connectivity index (χ3n) is 6.19. The number of hydrogen-bond donors (Lipinski definition) is 1. The van der Waals surface area contributed by atoms with E-state index in [0.717, 1.165) is 13.1 Å². The van der Waals surface area contributed by atoms with Crippen molar-refractivity contribution in [3.63, 3.8) is 0 Å². The molecule has 0 bridgehead atoms. The van der Waals surface area contributed by atoms with E-state index in [2.05, 4.69) is 96.3 Å². The summed E-state index contributed by atoms with van der Waals surface area (Å²) in [6, 6.07) is 34.1. The predicted molar refractivity (Wildman–Crippen MR) is 150 cm³/mol. The van der Waals surface area contributed by atoms with Crippen molar-refractivity contribution in [2.24, 2.45) is 0 Å². The molecule has 4 rings (SSSR count). The van der Waals surface area contributed by atoms with E-state index in [1.54, 1.807) is 15.9 Å². The highest BCUT2D eigenvalue weighted by atomic mass is 31.1. The Morgan fingerprint density at radius 2 is 0.719 bits per heavy atom. The summed E-state index contributed by atoms with van der Waals surface area (Å²) in [6.07, 6.45) is 10.9. The van der Waals surface area contributed by atoms with E-state index < -0.39 is 0 Å². The summed E-state index contributed by atoms with van der Waals surface area (Å²) < 4.78 is 0. The molecule has 3 aromatic carbocycles. The smallest absolute Gasteiger partial charge is 0.000634 e. The molecule has 2 atom stereocenters. The van der Waals surface area contributed by atoms with Gasteiger partial charge in [0.15, 0.2) is 0 Å². The van der Waals surface area contributed by atoms with Crippen LogP contribution in [0.1, 0.15) is 12.8 Å². The molecule has 0 spiro atoms. The Kier molecular flexibility index (Phi) is 10.2. The third-order valence-corrected chi connectivity index (χ3v) is 14.2. The van der Waals surface area contributed by atoms with E-state index in [1.807, 2.05) is 0 Å². The molecule has 168 valence electrons. The first-order valence-corrected chi connectivity index (χ1v) is 17.1. The van der Waals surface area contributed by atoms with Gasteiger partial charge in [0.25, 0.3) is 0 Å². The van der Waals surface area contributed by atoms with Gasteiger partial charge in [-0.25, -0.2) is 0 Å². The number of benzene rings is 3. The summed E-state index contributed by atoms with van der Waals surface area (Å²) in [5.74, 6) is 0. The Morgan fingerprint density at radius 1 is 0.406 bits per heavy atom. The van der Waals surface area contributed by atoms with Crippen LogP contribution in [0.5, 0.6) is 0 Å². The van der Waals surface area contributed by atoms with Gasteiger partial charge >= 0.3 is 0 Å². The topological polar surface area (TPSA) is 12.0 Å². The van der Waals surface area contributed by atoms with Gasteiger partial charge in [-0.3, -0.25) is 0 Å². The van der Waals surface area contributed by atoms with E-state index in [4.69, 9.17) is 0 Å². The Balaban J connectivity index is 1.48. The molecule has 3 aromatic rings. The van der Waals surface area contributed by atoms with Crippen LogP contribution < -0.4 is 21.2 Å². The van der Waals surface area contributed by atoms with E-state index in [1.165, 1.54) is 49.8 Å². The first-order valence-electron chi connectivity index (χ1n) is 12.0. The third kappa shape index (κ3) is 7.47. The summed E-state index contributed by atoms with van der Waals surface area (Å²) in [4.78, 5) is 0. The lowest BCUT2D eigenvalue weighted by molar-refractivity contribution is 0.769. The number of hydrogen-bond acceptors (Lipinski definition) is 1. The highest BCUT2D eigenvalue weighted by molar-refractivity contribution is 7.67. The van der Waals surface area contributed by atoms with Crippen LogP contribution in [0.15, 0.2) is 91.0 Å². The van der Waals surface area contributed by atoms with Crippen LogP contribution in [0.2, 0.25) is 0 Å². The highest BCUT2D eigenvalue weighted by Crippen LogP contribution is 2.42. The molecule has 1 aliphatic heterocycles. The largest absolute Gasteiger partial charge is 0.316 e. The van der Waals surface area contributed by atoms with Gasteiger partial charge in [-0.1, -0.05) is 115 Å². The second-order valence-corrected chi connectivity index (χ2v) is 15.9. The number of nitrogens with one attached hydrogen (secondary N) is 1. The monoisotopic (exact) mass is 479 g/mol. The molecule has 2 unspecified atom stereocenters. The minimum absolute atomic E-state index is 0.0460. The van der Waals surface area contributed by atoms with Crippen molar-refractivity contribution >= 4 is 39.7 Å². The van der Waals surface area contributed by atoms with E-state index >= 15 is 0 Å². The lowest BCUT2D eigenvalue weighted by Crippen LogP contribution is -2.25. The van der Waals surface area contributed by atoms with Gasteiger partial charge in [0.1, 0.15) is 0 Å². The Labute approximate surface area is 198 Å². The fourth-order valence-electron chi connectivity index (χ4n) is 4.48. The summed E-state index contributed by atoms with van der Waals surface area (Å²) in [7, 11) is -0.176. The molecule has 1 heterocycles. The van der Waals surface area contributed by atoms with Crippen LogP contribution in [0.4, 0.5) is 0 Å². The van der Waals surface area contributed by atoms with Gasteiger partial charge in [0, 0.05) is 0 Å². The summed E-state index contributed by atoms with van der Waals surface area (Å²) in [5.41, 5.74) is 0. The first-order chi connectivity index (χ1) is 15.9. The first kappa shape index (κ1) is 24.0. The molecular formula is C28H36NP3. The molecule has 0 radical (unpaired) electrons. The molecule has 0 amide bonds. The van der Waals surface area contributed by atoms with Gasteiger partial charge in [-0.2, -0.15) is 0 Å². The average Bonchev–Trinajstić information content (AvgIpc) is 2.86. The lowest BCUT2D eigenvalue weighted by Gasteiger charge is -2.25. The zero-order valence-corrected chi connectivity index (χ0v) is 21.8. The van der Waals surface area contributed by atoms with Crippen LogP contribution in [-0.4, -0.2) is 50.1 Å². The minimum Gasteiger partial charge on any atom is -0.316 e. The highest BCUT2D eigenvalue weighted by Gasteiger charge is 2.17. The Hall–Kier alpha value is -1.09. The number of rotatable bonds is 3. The Bertz CT molecular complexity index is 833. The zero-order valence-electron chi connectivity index (χ0n) is 19.1. The lowest BCUT2D eigenvalue weighted by atomic mass is 10.4. The quantitative estimate of drug-likeness (QED) is 0.469. The summed E-state index contributed by atoms with van der Waals surface area (Å²) in [5, 5.41) is 8.60. The van der Waals surface area contributed by atoms with Gasteiger partial charge < -0.3 is 5.32 Å². The normalized spacial score (nSPS) is 23.8. The van der Waals surface area contributed by atoms with Crippen molar-refractivity contribution in [3.8, 4) is 0 Å².